The zero-order chi connectivity index (χ0) is 11.1. The molecule has 0 aliphatic carbocycles. The molecule has 0 amide bonds. The van der Waals surface area contributed by atoms with Gasteiger partial charge in [0.25, 0.3) is 0 Å². The van der Waals surface area contributed by atoms with E-state index < -0.39 is 13.9 Å². The van der Waals surface area contributed by atoms with Crippen molar-refractivity contribution in [2.75, 3.05) is 0 Å². The third kappa shape index (κ3) is 4.61. The molecule has 0 aliphatic heterocycles. The van der Waals surface area contributed by atoms with Gasteiger partial charge >= 0.3 is 92.6 Å². The van der Waals surface area contributed by atoms with Crippen molar-refractivity contribution in [3.63, 3.8) is 0 Å². The van der Waals surface area contributed by atoms with Gasteiger partial charge in [0, 0.05) is 0 Å². The molecule has 0 aliphatic rings. The van der Waals surface area contributed by atoms with Gasteiger partial charge in [-0.25, -0.2) is 0 Å². The molecule has 1 unspecified atom stereocenters. The Morgan fingerprint density at radius 2 is 1.64 bits per heavy atom. The molecule has 0 radical (unpaired) electrons. The predicted molar refractivity (Wildman–Crippen MR) is 64.7 cm³/mol. The van der Waals surface area contributed by atoms with E-state index in [0.29, 0.717) is 11.2 Å². The fourth-order valence-corrected chi connectivity index (χ4v) is 4.59. The second kappa shape index (κ2) is 7.48. The van der Waals surface area contributed by atoms with Crippen molar-refractivity contribution in [3.8, 4) is 0 Å². The molecule has 0 spiro atoms. The van der Waals surface area contributed by atoms with Gasteiger partial charge < -0.3 is 0 Å². The molecule has 84 valence electrons. The Bertz CT molecular complexity index is 185. The molecule has 0 bridgehead atoms. The summed E-state index contributed by atoms with van der Waals surface area (Å²) in [6.45, 7) is 8.63. The van der Waals surface area contributed by atoms with Gasteiger partial charge in [0.1, 0.15) is 0 Å². The summed E-state index contributed by atoms with van der Waals surface area (Å²) in [4.78, 5) is 0.666. The van der Waals surface area contributed by atoms with Crippen LogP contribution in [0.3, 0.4) is 0 Å². The van der Waals surface area contributed by atoms with E-state index in [0.717, 1.165) is 19.3 Å². The van der Waals surface area contributed by atoms with E-state index in [1.165, 1.54) is 4.47 Å². The van der Waals surface area contributed by atoms with Crippen LogP contribution in [0.4, 0.5) is 4.39 Å². The van der Waals surface area contributed by atoms with Crippen molar-refractivity contribution >= 4 is 13.9 Å². The fourth-order valence-electron chi connectivity index (χ4n) is 1.34. The van der Waals surface area contributed by atoms with Gasteiger partial charge in [0.15, 0.2) is 0 Å². The van der Waals surface area contributed by atoms with Crippen molar-refractivity contribution in [1.82, 2.24) is 0 Å². The van der Waals surface area contributed by atoms with Crippen LogP contribution in [0.1, 0.15) is 53.4 Å². The molecule has 0 fully saturated rings. The molecular formula is C12H24FSe+. The van der Waals surface area contributed by atoms with Gasteiger partial charge in [-0.3, -0.25) is 0 Å². The summed E-state index contributed by atoms with van der Waals surface area (Å²) in [6, 6.07) is 0. The van der Waals surface area contributed by atoms with Crippen LogP contribution in [-0.2, 0) is 0 Å². The summed E-state index contributed by atoms with van der Waals surface area (Å²) in [6.07, 6.45) is 3.63. The van der Waals surface area contributed by atoms with Gasteiger partial charge in [-0.2, -0.15) is 0 Å². The molecule has 1 atom stereocenters. The van der Waals surface area contributed by atoms with Gasteiger partial charge in [-0.1, -0.05) is 0 Å². The Morgan fingerprint density at radius 1 is 1.14 bits per heavy atom. The van der Waals surface area contributed by atoms with E-state index in [4.69, 9.17) is 0 Å². The first kappa shape index (κ1) is 14.2. The fraction of sp³-hybridized carbons (Fsp3) is 0.833. The van der Waals surface area contributed by atoms with Crippen molar-refractivity contribution in [1.29, 1.82) is 0 Å². The molecule has 0 nitrogen and oxygen atoms in total. The first-order valence-electron chi connectivity index (χ1n) is 5.56. The second-order valence-electron chi connectivity index (χ2n) is 3.93. The molecule has 0 rings (SSSR count). The summed E-state index contributed by atoms with van der Waals surface area (Å²) in [5.74, 6) is 2.47. The quantitative estimate of drug-likeness (QED) is 0.601. The standard InChI is InChI=1S/C12H24FSe/c1-6-8-11(13)12(9-7-2)14(5)10(3)4/h10H,6-9H2,1-5H3/q+1/b12-11+. The van der Waals surface area contributed by atoms with Crippen molar-refractivity contribution in [3.05, 3.63) is 10.3 Å². The Hall–Kier alpha value is 0.189. The van der Waals surface area contributed by atoms with Crippen LogP contribution < -0.4 is 0 Å². The molecule has 2 heteroatoms. The molecule has 0 aromatic carbocycles. The monoisotopic (exact) mass is 267 g/mol. The van der Waals surface area contributed by atoms with Crippen molar-refractivity contribution in [2.45, 2.75) is 64.0 Å². The van der Waals surface area contributed by atoms with Gasteiger partial charge in [-0.05, 0) is 0 Å². The van der Waals surface area contributed by atoms with E-state index >= 15 is 0 Å². The van der Waals surface area contributed by atoms with E-state index in [1.807, 2.05) is 6.92 Å². The van der Waals surface area contributed by atoms with Crippen LogP contribution in [0.15, 0.2) is 10.3 Å². The zero-order valence-corrected chi connectivity index (χ0v) is 11.9. The number of allylic oxidation sites excluding steroid dienone is 2. The average Bonchev–Trinajstić information content (AvgIpc) is 2.13. The first-order chi connectivity index (χ1) is 6.54. The van der Waals surface area contributed by atoms with Gasteiger partial charge in [0.05, 0.1) is 0 Å². The van der Waals surface area contributed by atoms with E-state index in [1.54, 1.807) is 0 Å². The number of hydrogen-bond acceptors (Lipinski definition) is 0. The zero-order valence-electron chi connectivity index (χ0n) is 10.2. The number of halogens is 1. The van der Waals surface area contributed by atoms with Crippen molar-refractivity contribution < 1.29 is 4.39 Å². The summed E-state index contributed by atoms with van der Waals surface area (Å²) in [5, 5.41) is 0. The van der Waals surface area contributed by atoms with Crippen LogP contribution >= 0.6 is 0 Å². The van der Waals surface area contributed by atoms with Gasteiger partial charge in [0.2, 0.25) is 0 Å². The Morgan fingerprint density at radius 3 is 2.00 bits per heavy atom. The molecule has 14 heavy (non-hydrogen) atoms. The Kier molecular flexibility index (Phi) is 7.58. The maximum absolute atomic E-state index is 13.8. The minimum atomic E-state index is -0.855. The Balaban J connectivity index is 4.63. The number of rotatable bonds is 6. The third-order valence-electron chi connectivity index (χ3n) is 2.34. The van der Waals surface area contributed by atoms with Crippen LogP contribution in [0.2, 0.25) is 10.6 Å². The van der Waals surface area contributed by atoms with E-state index in [9.17, 15) is 4.39 Å². The average molecular weight is 266 g/mol. The van der Waals surface area contributed by atoms with Crippen LogP contribution in [0, 0.1) is 0 Å². The second-order valence-corrected chi connectivity index (χ2v) is 9.29. The maximum atomic E-state index is 13.8. The summed E-state index contributed by atoms with van der Waals surface area (Å²) in [5.41, 5.74) is 0. The van der Waals surface area contributed by atoms with Crippen molar-refractivity contribution in [2.24, 2.45) is 0 Å². The normalized spacial score (nSPS) is 15.6. The van der Waals surface area contributed by atoms with Crippen LogP contribution in [0.25, 0.3) is 0 Å². The van der Waals surface area contributed by atoms with Crippen LogP contribution in [-0.4, -0.2) is 13.9 Å². The molecule has 0 saturated heterocycles. The van der Waals surface area contributed by atoms with Crippen LogP contribution in [0.5, 0.6) is 0 Å². The van der Waals surface area contributed by atoms with E-state index in [-0.39, 0.29) is 5.83 Å². The molecule has 0 aromatic heterocycles. The third-order valence-corrected chi connectivity index (χ3v) is 7.84. The SMILES string of the molecule is CCC/C(F)=C(/CCC)[Se+](C)C(C)C. The molecule has 0 saturated carbocycles. The molecular weight excluding hydrogens is 242 g/mol. The summed E-state index contributed by atoms with van der Waals surface area (Å²) >= 11 is -0.855. The summed E-state index contributed by atoms with van der Waals surface area (Å²) < 4.78 is 15.0. The molecule has 0 heterocycles. The van der Waals surface area contributed by atoms with Gasteiger partial charge in [-0.15, -0.1) is 0 Å². The summed E-state index contributed by atoms with van der Waals surface area (Å²) in [7, 11) is 0. The molecule has 0 N–H and O–H groups in total. The topological polar surface area (TPSA) is 0 Å². The van der Waals surface area contributed by atoms with E-state index in [2.05, 4.69) is 26.6 Å². The molecule has 0 aromatic rings. The first-order valence-corrected chi connectivity index (χ1v) is 9.12. The Labute approximate surface area is 92.9 Å². The minimum absolute atomic E-state index is 0.204. The number of hydrogen-bond donors (Lipinski definition) is 0. The predicted octanol–water partition coefficient (Wildman–Crippen LogP) is 4.88.